The minimum Gasteiger partial charge on any atom is -0.493 e. The number of carbonyl (C=O) groups is 2. The molecule has 0 fully saturated rings. The van der Waals surface area contributed by atoms with E-state index in [2.05, 4.69) is 10.3 Å². The molecule has 0 saturated carbocycles. The highest BCUT2D eigenvalue weighted by Crippen LogP contribution is 2.43. The number of rotatable bonds is 6. The van der Waals surface area contributed by atoms with Crippen molar-refractivity contribution < 1.29 is 28.9 Å². The van der Waals surface area contributed by atoms with Gasteiger partial charge in [0.1, 0.15) is 11.7 Å². The lowest BCUT2D eigenvalue weighted by molar-refractivity contribution is -0.138. The Morgan fingerprint density at radius 1 is 1.13 bits per heavy atom. The first-order chi connectivity index (χ1) is 10.9. The summed E-state index contributed by atoms with van der Waals surface area (Å²) in [6.45, 7) is 1.38. The van der Waals surface area contributed by atoms with Crippen molar-refractivity contribution in [3.05, 3.63) is 17.8 Å². The quantitative estimate of drug-likeness (QED) is 0.741. The van der Waals surface area contributed by atoms with E-state index in [-0.39, 0.29) is 5.69 Å². The van der Waals surface area contributed by atoms with Crippen LogP contribution in [0.3, 0.4) is 0 Å². The summed E-state index contributed by atoms with van der Waals surface area (Å²) in [6, 6.07) is 2.29. The molecule has 0 radical (unpaired) electrons. The third kappa shape index (κ3) is 3.01. The maximum Gasteiger partial charge on any atom is 0.325 e. The fourth-order valence-corrected chi connectivity index (χ4v) is 2.20. The Morgan fingerprint density at radius 3 is 2.30 bits per heavy atom. The van der Waals surface area contributed by atoms with Crippen LogP contribution < -0.4 is 19.5 Å². The number of methoxy groups -OCH3 is 3. The molecule has 2 rings (SSSR count). The summed E-state index contributed by atoms with van der Waals surface area (Å²) in [6.07, 6.45) is 0. The number of hydrogen-bond donors (Lipinski definition) is 3. The Morgan fingerprint density at radius 2 is 1.78 bits per heavy atom. The van der Waals surface area contributed by atoms with Crippen LogP contribution in [0.1, 0.15) is 17.4 Å². The first-order valence-corrected chi connectivity index (χ1v) is 6.78. The summed E-state index contributed by atoms with van der Waals surface area (Å²) in [4.78, 5) is 25.9. The molecule has 0 aliphatic carbocycles. The second-order valence-corrected chi connectivity index (χ2v) is 4.83. The lowest BCUT2D eigenvalue weighted by Gasteiger charge is -2.12. The second-order valence-electron chi connectivity index (χ2n) is 4.83. The Balaban J connectivity index is 2.49. The number of fused-ring (bicyclic) bond motifs is 1. The van der Waals surface area contributed by atoms with E-state index in [0.29, 0.717) is 28.2 Å². The predicted octanol–water partition coefficient (Wildman–Crippen LogP) is 1.40. The van der Waals surface area contributed by atoms with Crippen molar-refractivity contribution in [2.24, 2.45) is 0 Å². The van der Waals surface area contributed by atoms with E-state index in [0.717, 1.165) is 0 Å². The van der Waals surface area contributed by atoms with Crippen LogP contribution in [-0.2, 0) is 4.79 Å². The lowest BCUT2D eigenvalue weighted by atomic mass is 10.2. The van der Waals surface area contributed by atoms with Gasteiger partial charge in [0.05, 0.1) is 26.8 Å². The van der Waals surface area contributed by atoms with Crippen LogP contribution in [0.5, 0.6) is 17.2 Å². The normalized spacial score (nSPS) is 11.8. The largest absolute Gasteiger partial charge is 0.493 e. The van der Waals surface area contributed by atoms with Crippen molar-refractivity contribution in [3.8, 4) is 17.2 Å². The van der Waals surface area contributed by atoms with E-state index < -0.39 is 17.9 Å². The van der Waals surface area contributed by atoms with Crippen LogP contribution in [0.25, 0.3) is 10.9 Å². The number of carboxylic acids is 1. The summed E-state index contributed by atoms with van der Waals surface area (Å²) in [5.74, 6) is -0.393. The Labute approximate surface area is 132 Å². The van der Waals surface area contributed by atoms with Crippen LogP contribution in [-0.4, -0.2) is 49.3 Å². The summed E-state index contributed by atoms with van der Waals surface area (Å²) in [5.41, 5.74) is 0.764. The van der Waals surface area contributed by atoms with Gasteiger partial charge in [-0.3, -0.25) is 9.59 Å². The van der Waals surface area contributed by atoms with Gasteiger partial charge in [-0.1, -0.05) is 0 Å². The van der Waals surface area contributed by atoms with Gasteiger partial charge in [-0.25, -0.2) is 0 Å². The monoisotopic (exact) mass is 322 g/mol. The maximum absolute atomic E-state index is 12.1. The van der Waals surface area contributed by atoms with E-state index >= 15 is 0 Å². The molecule has 0 saturated heterocycles. The molecule has 0 spiro atoms. The number of hydrogen-bond acceptors (Lipinski definition) is 5. The van der Waals surface area contributed by atoms with Gasteiger partial charge < -0.3 is 29.6 Å². The van der Waals surface area contributed by atoms with E-state index in [9.17, 15) is 9.59 Å². The number of amides is 1. The van der Waals surface area contributed by atoms with E-state index in [1.54, 1.807) is 12.1 Å². The summed E-state index contributed by atoms with van der Waals surface area (Å²) >= 11 is 0. The number of carbonyl (C=O) groups excluding carboxylic acids is 1. The lowest BCUT2D eigenvalue weighted by Crippen LogP contribution is -2.38. The average Bonchev–Trinajstić information content (AvgIpc) is 2.96. The molecule has 0 aliphatic rings. The smallest absolute Gasteiger partial charge is 0.325 e. The Hall–Kier alpha value is -2.90. The molecule has 0 aliphatic heterocycles. The fourth-order valence-electron chi connectivity index (χ4n) is 2.20. The highest BCUT2D eigenvalue weighted by Gasteiger charge is 2.21. The molecular weight excluding hydrogens is 304 g/mol. The number of nitrogens with one attached hydrogen (secondary N) is 2. The van der Waals surface area contributed by atoms with Gasteiger partial charge in [0.15, 0.2) is 11.5 Å². The number of carboxylic acid groups (broad SMARTS) is 1. The van der Waals surface area contributed by atoms with Gasteiger partial charge in [-0.15, -0.1) is 0 Å². The molecular formula is C15H18N2O6. The number of aromatic nitrogens is 1. The molecule has 8 heteroatoms. The molecule has 23 heavy (non-hydrogen) atoms. The van der Waals surface area contributed by atoms with Gasteiger partial charge in [-0.2, -0.15) is 0 Å². The van der Waals surface area contributed by atoms with Crippen molar-refractivity contribution in [2.75, 3.05) is 21.3 Å². The third-order valence-corrected chi connectivity index (χ3v) is 3.38. The van der Waals surface area contributed by atoms with Crippen molar-refractivity contribution in [2.45, 2.75) is 13.0 Å². The summed E-state index contributed by atoms with van der Waals surface area (Å²) in [7, 11) is 4.46. The topological polar surface area (TPSA) is 110 Å². The fraction of sp³-hybridized carbons (Fsp3) is 0.333. The zero-order valence-corrected chi connectivity index (χ0v) is 13.2. The van der Waals surface area contributed by atoms with Gasteiger partial charge in [0.25, 0.3) is 5.91 Å². The van der Waals surface area contributed by atoms with Crippen LogP contribution in [0.4, 0.5) is 0 Å². The molecule has 1 unspecified atom stereocenters. The minimum absolute atomic E-state index is 0.210. The first kappa shape index (κ1) is 16.5. The highest BCUT2D eigenvalue weighted by atomic mass is 16.5. The molecule has 2 aromatic rings. The highest BCUT2D eigenvalue weighted by molar-refractivity contribution is 6.02. The number of aliphatic carboxylic acids is 1. The molecule has 8 nitrogen and oxygen atoms in total. The molecule has 1 atom stereocenters. The number of H-pyrrole nitrogens is 1. The molecule has 124 valence electrons. The molecule has 1 heterocycles. The number of ether oxygens (including phenoxy) is 3. The molecule has 1 aromatic carbocycles. The van der Waals surface area contributed by atoms with Gasteiger partial charge in [-0.05, 0) is 19.1 Å². The summed E-state index contributed by atoms with van der Waals surface area (Å²) < 4.78 is 15.9. The van der Waals surface area contributed by atoms with E-state index in [1.807, 2.05) is 0 Å². The predicted molar refractivity (Wildman–Crippen MR) is 82.5 cm³/mol. The SMILES string of the molecule is COc1cc2cc(C(=O)NC(C)C(=O)O)[nH]c2c(OC)c1OC. The van der Waals surface area contributed by atoms with E-state index in [4.69, 9.17) is 19.3 Å². The average molecular weight is 322 g/mol. The van der Waals surface area contributed by atoms with Crippen LogP contribution in [0, 0.1) is 0 Å². The minimum atomic E-state index is -1.12. The zero-order chi connectivity index (χ0) is 17.1. The Kier molecular flexibility index (Phi) is 4.63. The molecule has 3 N–H and O–H groups in total. The van der Waals surface area contributed by atoms with Crippen molar-refractivity contribution in [1.82, 2.24) is 10.3 Å². The first-order valence-electron chi connectivity index (χ1n) is 6.78. The number of benzene rings is 1. The molecule has 1 aromatic heterocycles. The van der Waals surface area contributed by atoms with Crippen LogP contribution in [0.15, 0.2) is 12.1 Å². The van der Waals surface area contributed by atoms with Gasteiger partial charge >= 0.3 is 5.97 Å². The van der Waals surface area contributed by atoms with Crippen molar-refractivity contribution in [3.63, 3.8) is 0 Å². The third-order valence-electron chi connectivity index (χ3n) is 3.38. The zero-order valence-electron chi connectivity index (χ0n) is 13.2. The maximum atomic E-state index is 12.1. The molecule has 1 amide bonds. The summed E-state index contributed by atoms with van der Waals surface area (Å²) in [5, 5.41) is 11.9. The second kappa shape index (κ2) is 6.47. The Bertz CT molecular complexity index is 752. The standard InChI is InChI=1S/C15H18N2O6/c1-7(15(19)20)16-14(18)9-5-8-6-10(21-2)12(22-3)13(23-4)11(8)17-9/h5-7,17H,1-4H3,(H,16,18)(H,19,20). The number of aromatic amines is 1. The van der Waals surface area contributed by atoms with Crippen LogP contribution >= 0.6 is 0 Å². The van der Waals surface area contributed by atoms with Crippen molar-refractivity contribution in [1.29, 1.82) is 0 Å². The van der Waals surface area contributed by atoms with Gasteiger partial charge in [0.2, 0.25) is 5.75 Å². The molecule has 0 bridgehead atoms. The van der Waals surface area contributed by atoms with E-state index in [1.165, 1.54) is 28.3 Å². The van der Waals surface area contributed by atoms with Gasteiger partial charge in [0, 0.05) is 5.39 Å². The van der Waals surface area contributed by atoms with Crippen molar-refractivity contribution >= 4 is 22.8 Å². The van der Waals surface area contributed by atoms with Crippen LogP contribution in [0.2, 0.25) is 0 Å².